The van der Waals surface area contributed by atoms with Gasteiger partial charge < -0.3 is 28.0 Å². The fraction of sp³-hybridized carbons (Fsp3) is 0.400. The van der Waals surface area contributed by atoms with Crippen molar-refractivity contribution in [2.24, 2.45) is 0 Å². The molecular formula is C10H14K2O6P2. The maximum absolute atomic E-state index is 11.5. The smallest absolute Gasteiger partial charge is 0.775 e. The molecule has 0 amide bonds. The van der Waals surface area contributed by atoms with E-state index in [0.29, 0.717) is 0 Å². The fourth-order valence-electron chi connectivity index (χ4n) is 1.31. The van der Waals surface area contributed by atoms with Gasteiger partial charge in [-0.3, -0.25) is 0 Å². The van der Waals surface area contributed by atoms with Crippen LogP contribution in [0.3, 0.4) is 0 Å². The van der Waals surface area contributed by atoms with Gasteiger partial charge in [0.15, 0.2) is 15.2 Å². The standard InChI is InChI=1S/C10H16O6P2.2K/c1-3-15-17(11,12)9-5-7-10(8-6-9)18(13,14)16-4-2;;/h5-8H,3-4H2,1-2H3,(H,11,12)(H,13,14);;/q;2*+1/p-2. The van der Waals surface area contributed by atoms with Crippen LogP contribution in [0.4, 0.5) is 0 Å². The van der Waals surface area contributed by atoms with Crippen LogP contribution in [0, 0.1) is 0 Å². The molecule has 0 aromatic heterocycles. The van der Waals surface area contributed by atoms with Gasteiger partial charge >= 0.3 is 103 Å². The second-order valence-corrected chi connectivity index (χ2v) is 6.89. The third kappa shape index (κ3) is 7.57. The first-order chi connectivity index (χ1) is 8.33. The van der Waals surface area contributed by atoms with E-state index in [2.05, 4.69) is 9.05 Å². The molecule has 2 unspecified atom stereocenters. The van der Waals surface area contributed by atoms with Crippen molar-refractivity contribution in [3.05, 3.63) is 24.3 Å². The van der Waals surface area contributed by atoms with E-state index in [9.17, 15) is 18.9 Å². The zero-order chi connectivity index (χ0) is 13.8. The molecule has 20 heavy (non-hydrogen) atoms. The summed E-state index contributed by atoms with van der Waals surface area (Å²) >= 11 is 0. The predicted molar refractivity (Wildman–Crippen MR) is 64.2 cm³/mol. The Kier molecular flexibility index (Phi) is 14.2. The van der Waals surface area contributed by atoms with Gasteiger partial charge in [0.2, 0.25) is 0 Å². The molecule has 0 aliphatic heterocycles. The zero-order valence-electron chi connectivity index (χ0n) is 12.1. The number of rotatable bonds is 6. The van der Waals surface area contributed by atoms with E-state index in [1.165, 1.54) is 24.3 Å². The molecule has 0 saturated heterocycles. The summed E-state index contributed by atoms with van der Waals surface area (Å²) in [6.45, 7) is 3.17. The summed E-state index contributed by atoms with van der Waals surface area (Å²) in [6, 6.07) is 4.73. The van der Waals surface area contributed by atoms with Gasteiger partial charge in [-0.15, -0.1) is 0 Å². The van der Waals surface area contributed by atoms with Crippen LogP contribution in [0.1, 0.15) is 13.8 Å². The average Bonchev–Trinajstić information content (AvgIpc) is 2.29. The van der Waals surface area contributed by atoms with E-state index in [1.807, 2.05) is 0 Å². The van der Waals surface area contributed by atoms with E-state index < -0.39 is 15.2 Å². The van der Waals surface area contributed by atoms with E-state index >= 15 is 0 Å². The Balaban J connectivity index is 0. The largest absolute Gasteiger partial charge is 1.00 e. The SMILES string of the molecule is CCOP(=O)([O-])c1ccc(P(=O)([O-])OCC)cc1.[K+].[K+]. The molecule has 1 aromatic rings. The van der Waals surface area contributed by atoms with Crippen molar-refractivity contribution >= 4 is 25.8 Å². The first kappa shape index (κ1) is 25.0. The van der Waals surface area contributed by atoms with Gasteiger partial charge in [0.25, 0.3) is 0 Å². The predicted octanol–water partition coefficient (Wildman–Crippen LogP) is -5.87. The molecule has 0 bridgehead atoms. The molecule has 0 radical (unpaired) electrons. The molecule has 0 N–H and O–H groups in total. The molecule has 2 atom stereocenters. The Morgan fingerprint density at radius 3 is 1.30 bits per heavy atom. The van der Waals surface area contributed by atoms with E-state index in [0.717, 1.165) is 0 Å². The fourth-order valence-corrected chi connectivity index (χ4v) is 3.31. The average molecular weight is 370 g/mol. The number of hydrogen-bond donors (Lipinski definition) is 0. The minimum atomic E-state index is -4.11. The van der Waals surface area contributed by atoms with Crippen molar-refractivity contribution < 1.29 is 131 Å². The Morgan fingerprint density at radius 1 is 0.850 bits per heavy atom. The Morgan fingerprint density at radius 2 is 1.10 bits per heavy atom. The van der Waals surface area contributed by atoms with Crippen molar-refractivity contribution in [3.63, 3.8) is 0 Å². The van der Waals surface area contributed by atoms with E-state index in [4.69, 9.17) is 0 Å². The molecule has 10 heteroatoms. The third-order valence-corrected chi connectivity index (χ3v) is 5.14. The summed E-state index contributed by atoms with van der Waals surface area (Å²) in [6.07, 6.45) is 0. The molecule has 0 fully saturated rings. The maximum atomic E-state index is 11.5. The molecular weight excluding hydrogens is 356 g/mol. The summed E-state index contributed by atoms with van der Waals surface area (Å²) in [5.41, 5.74) is 0. The number of benzene rings is 1. The van der Waals surface area contributed by atoms with Crippen molar-refractivity contribution in [1.29, 1.82) is 0 Å². The molecule has 0 aliphatic carbocycles. The van der Waals surface area contributed by atoms with Gasteiger partial charge in [0, 0.05) is 10.6 Å². The second-order valence-electron chi connectivity index (χ2n) is 3.35. The minimum absolute atomic E-state index is 0. The minimum Gasteiger partial charge on any atom is -0.775 e. The first-order valence-corrected chi connectivity index (χ1v) is 8.44. The topological polar surface area (TPSA) is 98.7 Å². The van der Waals surface area contributed by atoms with Gasteiger partial charge in [-0.2, -0.15) is 0 Å². The summed E-state index contributed by atoms with van der Waals surface area (Å²) in [5, 5.41) is -0.130. The molecule has 6 nitrogen and oxygen atoms in total. The Labute approximate surface area is 203 Å². The van der Waals surface area contributed by atoms with Crippen LogP contribution in [0.5, 0.6) is 0 Å². The molecule has 1 aromatic carbocycles. The van der Waals surface area contributed by atoms with Crippen LogP contribution in [0.25, 0.3) is 0 Å². The maximum Gasteiger partial charge on any atom is 1.00 e. The molecule has 0 saturated carbocycles. The van der Waals surface area contributed by atoms with Crippen LogP contribution >= 0.6 is 15.2 Å². The summed E-state index contributed by atoms with van der Waals surface area (Å²) < 4.78 is 32.3. The van der Waals surface area contributed by atoms with Gasteiger partial charge in [0.05, 0.1) is 13.2 Å². The second kappa shape index (κ2) is 11.4. The number of hydrogen-bond acceptors (Lipinski definition) is 6. The Bertz CT molecular complexity index is 448. The van der Waals surface area contributed by atoms with Crippen LogP contribution < -0.4 is 123 Å². The molecule has 0 heterocycles. The first-order valence-electron chi connectivity index (χ1n) is 5.36. The monoisotopic (exact) mass is 370 g/mol. The third-order valence-electron chi connectivity index (χ3n) is 2.08. The van der Waals surface area contributed by atoms with Crippen molar-refractivity contribution in [2.75, 3.05) is 13.2 Å². The van der Waals surface area contributed by atoms with Gasteiger partial charge in [-0.1, -0.05) is 0 Å². The van der Waals surface area contributed by atoms with Crippen LogP contribution in [0.2, 0.25) is 0 Å². The van der Waals surface area contributed by atoms with E-state index in [1.54, 1.807) is 13.8 Å². The van der Waals surface area contributed by atoms with Crippen molar-refractivity contribution in [2.45, 2.75) is 13.8 Å². The van der Waals surface area contributed by atoms with Gasteiger partial charge in [-0.05, 0) is 38.1 Å². The molecule has 1 rings (SSSR count). The van der Waals surface area contributed by atoms with Gasteiger partial charge in [0.1, 0.15) is 0 Å². The Hall–Kier alpha value is 2.79. The van der Waals surface area contributed by atoms with E-state index in [-0.39, 0.29) is 127 Å². The quantitative estimate of drug-likeness (QED) is 0.365. The zero-order valence-corrected chi connectivity index (χ0v) is 20.1. The normalized spacial score (nSPS) is 16.2. The molecule has 0 spiro atoms. The van der Waals surface area contributed by atoms with Crippen LogP contribution in [-0.2, 0) is 18.2 Å². The van der Waals surface area contributed by atoms with Gasteiger partial charge in [-0.25, -0.2) is 0 Å². The molecule has 0 aliphatic rings. The molecule has 102 valence electrons. The summed E-state index contributed by atoms with van der Waals surface area (Å²) in [5.74, 6) is 0. The van der Waals surface area contributed by atoms with Crippen LogP contribution in [0.15, 0.2) is 24.3 Å². The van der Waals surface area contributed by atoms with Crippen molar-refractivity contribution in [3.8, 4) is 0 Å². The van der Waals surface area contributed by atoms with Crippen molar-refractivity contribution in [1.82, 2.24) is 0 Å². The van der Waals surface area contributed by atoms with Crippen LogP contribution in [-0.4, -0.2) is 13.2 Å². The summed E-state index contributed by atoms with van der Waals surface area (Å²) in [4.78, 5) is 23.1. The summed E-state index contributed by atoms with van der Waals surface area (Å²) in [7, 11) is -8.23.